The molecule has 0 radical (unpaired) electrons. The molecule has 2 rings (SSSR count). The quantitative estimate of drug-likeness (QED) is 0.405. The van der Waals surface area contributed by atoms with Gasteiger partial charge in [0, 0.05) is 21.8 Å². The fraction of sp³-hybridized carbons (Fsp3) is 0.200. The summed E-state index contributed by atoms with van der Waals surface area (Å²) < 4.78 is 12.8. The fourth-order valence-corrected chi connectivity index (χ4v) is 2.99. The van der Waals surface area contributed by atoms with E-state index in [4.69, 9.17) is 9.47 Å². The zero-order valence-corrected chi connectivity index (χ0v) is 18.1. The highest BCUT2D eigenvalue weighted by molar-refractivity contribution is 9.10. The van der Waals surface area contributed by atoms with Crippen molar-refractivity contribution in [3.05, 3.63) is 56.5 Å². The first-order chi connectivity index (χ1) is 13.0. The average Bonchev–Trinajstić information content (AvgIpc) is 2.65. The number of nitrogens with one attached hydrogen (secondary N) is 1. The van der Waals surface area contributed by atoms with Gasteiger partial charge >= 0.3 is 0 Å². The molecule has 0 bridgehead atoms. The van der Waals surface area contributed by atoms with Crippen LogP contribution in [0.4, 0.5) is 5.69 Å². The van der Waals surface area contributed by atoms with E-state index in [-0.39, 0.29) is 5.57 Å². The van der Waals surface area contributed by atoms with Crippen molar-refractivity contribution < 1.29 is 14.3 Å². The van der Waals surface area contributed by atoms with Crippen LogP contribution in [0.5, 0.6) is 11.5 Å². The molecule has 27 heavy (non-hydrogen) atoms. The van der Waals surface area contributed by atoms with Crippen LogP contribution in [-0.4, -0.2) is 19.1 Å². The lowest BCUT2D eigenvalue weighted by molar-refractivity contribution is -0.112. The Bertz CT molecular complexity index is 887. The number of nitrogens with zero attached hydrogens (tertiary/aromatic N) is 1. The third kappa shape index (κ3) is 5.84. The summed E-state index contributed by atoms with van der Waals surface area (Å²) in [7, 11) is 0. The molecule has 140 valence electrons. The van der Waals surface area contributed by atoms with Crippen molar-refractivity contribution in [2.75, 3.05) is 18.5 Å². The second kappa shape index (κ2) is 10.1. The van der Waals surface area contributed by atoms with Gasteiger partial charge in [0.1, 0.15) is 23.1 Å². The van der Waals surface area contributed by atoms with Crippen molar-refractivity contribution >= 4 is 49.5 Å². The summed E-state index contributed by atoms with van der Waals surface area (Å²) in [5, 5.41) is 12.2. The summed E-state index contributed by atoms with van der Waals surface area (Å²) in [5.74, 6) is 0.677. The Morgan fingerprint density at radius 2 is 1.74 bits per heavy atom. The molecular weight excluding hydrogens is 476 g/mol. The van der Waals surface area contributed by atoms with Crippen LogP contribution < -0.4 is 14.8 Å². The molecule has 0 saturated carbocycles. The number of hydrogen-bond acceptors (Lipinski definition) is 4. The van der Waals surface area contributed by atoms with Gasteiger partial charge in [0.2, 0.25) is 0 Å². The number of nitriles is 1. The molecule has 1 amide bonds. The van der Waals surface area contributed by atoms with E-state index in [0.717, 1.165) is 4.47 Å². The molecule has 0 unspecified atom stereocenters. The smallest absolute Gasteiger partial charge is 0.266 e. The second-order valence-corrected chi connectivity index (χ2v) is 7.09. The van der Waals surface area contributed by atoms with Crippen molar-refractivity contribution in [1.29, 1.82) is 5.26 Å². The zero-order chi connectivity index (χ0) is 19.8. The number of benzene rings is 2. The maximum atomic E-state index is 12.5. The molecular formula is C20H18Br2N2O3. The van der Waals surface area contributed by atoms with E-state index in [1.54, 1.807) is 24.3 Å². The topological polar surface area (TPSA) is 71.3 Å². The fourth-order valence-electron chi connectivity index (χ4n) is 2.25. The number of ether oxygens (including phenoxy) is 2. The van der Waals surface area contributed by atoms with Crippen molar-refractivity contribution in [2.24, 2.45) is 0 Å². The summed E-state index contributed by atoms with van der Waals surface area (Å²) >= 11 is 6.78. The average molecular weight is 494 g/mol. The highest BCUT2D eigenvalue weighted by Gasteiger charge is 2.14. The molecule has 0 aliphatic carbocycles. The molecule has 0 heterocycles. The van der Waals surface area contributed by atoms with E-state index in [1.807, 2.05) is 32.0 Å². The minimum absolute atomic E-state index is 0.0325. The minimum atomic E-state index is -0.493. The van der Waals surface area contributed by atoms with E-state index in [0.29, 0.717) is 40.4 Å². The monoisotopic (exact) mass is 492 g/mol. The van der Waals surface area contributed by atoms with Gasteiger partial charge in [-0.1, -0.05) is 15.9 Å². The van der Waals surface area contributed by atoms with Gasteiger partial charge in [-0.25, -0.2) is 0 Å². The van der Waals surface area contributed by atoms with Crippen LogP contribution in [0, 0.1) is 11.3 Å². The third-order valence-corrected chi connectivity index (χ3v) is 4.58. The number of anilines is 1. The lowest BCUT2D eigenvalue weighted by Crippen LogP contribution is -2.13. The summed E-state index contributed by atoms with van der Waals surface area (Å²) in [6, 6.07) is 12.6. The van der Waals surface area contributed by atoms with Crippen LogP contribution in [0.2, 0.25) is 0 Å². The van der Waals surface area contributed by atoms with E-state index in [1.165, 1.54) is 6.08 Å². The lowest BCUT2D eigenvalue weighted by Gasteiger charge is -2.13. The Morgan fingerprint density at radius 1 is 1.11 bits per heavy atom. The van der Waals surface area contributed by atoms with Gasteiger partial charge in [-0.05, 0) is 66.2 Å². The van der Waals surface area contributed by atoms with Crippen molar-refractivity contribution in [2.45, 2.75) is 13.8 Å². The van der Waals surface area contributed by atoms with E-state index >= 15 is 0 Å². The Kier molecular flexibility index (Phi) is 7.89. The molecule has 0 aliphatic heterocycles. The predicted octanol–water partition coefficient (Wildman–Crippen LogP) is 5.55. The number of halogens is 2. The number of rotatable bonds is 7. The standard InChI is InChI=1S/C20H18Br2N2O3/c1-3-26-18-11-19(27-4-2)17(22)10-13(18)9-14(12-23)20(25)24-16-7-5-15(21)6-8-16/h5-11H,3-4H2,1-2H3,(H,24,25)/b14-9-. The molecule has 5 nitrogen and oxygen atoms in total. The van der Waals surface area contributed by atoms with E-state index in [9.17, 15) is 10.1 Å². The third-order valence-electron chi connectivity index (χ3n) is 3.43. The SMILES string of the molecule is CCOc1cc(OCC)c(/C=C(/C#N)C(=O)Nc2ccc(Br)cc2)cc1Br. The normalized spacial score (nSPS) is 10.9. The van der Waals surface area contributed by atoms with Crippen LogP contribution in [0.25, 0.3) is 6.08 Å². The van der Waals surface area contributed by atoms with Crippen molar-refractivity contribution in [3.63, 3.8) is 0 Å². The van der Waals surface area contributed by atoms with Crippen LogP contribution in [0.15, 0.2) is 50.9 Å². The lowest BCUT2D eigenvalue weighted by atomic mass is 10.1. The van der Waals surface area contributed by atoms with E-state index in [2.05, 4.69) is 37.2 Å². The van der Waals surface area contributed by atoms with E-state index < -0.39 is 5.91 Å². The van der Waals surface area contributed by atoms with Crippen LogP contribution in [0.1, 0.15) is 19.4 Å². The first kappa shape index (κ1) is 21.0. The van der Waals surface area contributed by atoms with Crippen LogP contribution >= 0.6 is 31.9 Å². The summed E-state index contributed by atoms with van der Waals surface area (Å²) in [4.78, 5) is 12.5. The Morgan fingerprint density at radius 3 is 2.33 bits per heavy atom. The Labute approximate surface area is 175 Å². The van der Waals surface area contributed by atoms with Gasteiger partial charge in [-0.15, -0.1) is 0 Å². The van der Waals surface area contributed by atoms with Crippen molar-refractivity contribution in [3.8, 4) is 17.6 Å². The molecule has 7 heteroatoms. The molecule has 1 N–H and O–H groups in total. The van der Waals surface area contributed by atoms with Gasteiger partial charge < -0.3 is 14.8 Å². The highest BCUT2D eigenvalue weighted by atomic mass is 79.9. The molecule has 0 aliphatic rings. The molecule has 0 spiro atoms. The first-order valence-corrected chi connectivity index (χ1v) is 9.84. The number of carbonyl (C=O) groups is 1. The molecule has 2 aromatic rings. The number of amides is 1. The number of carbonyl (C=O) groups excluding carboxylic acids is 1. The highest BCUT2D eigenvalue weighted by Crippen LogP contribution is 2.34. The molecule has 0 aromatic heterocycles. The molecule has 0 atom stereocenters. The second-order valence-electron chi connectivity index (χ2n) is 5.32. The summed E-state index contributed by atoms with van der Waals surface area (Å²) in [6.07, 6.45) is 1.50. The van der Waals surface area contributed by atoms with Gasteiger partial charge in [0.15, 0.2) is 0 Å². The summed E-state index contributed by atoms with van der Waals surface area (Å²) in [6.45, 7) is 4.71. The van der Waals surface area contributed by atoms with Gasteiger partial charge in [-0.2, -0.15) is 5.26 Å². The van der Waals surface area contributed by atoms with Crippen molar-refractivity contribution in [1.82, 2.24) is 0 Å². The zero-order valence-electron chi connectivity index (χ0n) is 14.9. The predicted molar refractivity (Wildman–Crippen MR) is 113 cm³/mol. The largest absolute Gasteiger partial charge is 0.493 e. The minimum Gasteiger partial charge on any atom is -0.493 e. The van der Waals surface area contributed by atoms with Crippen LogP contribution in [-0.2, 0) is 4.79 Å². The van der Waals surface area contributed by atoms with Gasteiger partial charge in [0.25, 0.3) is 5.91 Å². The maximum Gasteiger partial charge on any atom is 0.266 e. The summed E-state index contributed by atoms with van der Waals surface area (Å²) in [5.41, 5.74) is 1.17. The molecule has 0 saturated heterocycles. The van der Waals surface area contributed by atoms with Gasteiger partial charge in [0.05, 0.1) is 17.7 Å². The Balaban J connectivity index is 2.35. The van der Waals surface area contributed by atoms with Gasteiger partial charge in [-0.3, -0.25) is 4.79 Å². The Hall–Kier alpha value is -2.30. The van der Waals surface area contributed by atoms with Crippen LogP contribution in [0.3, 0.4) is 0 Å². The maximum absolute atomic E-state index is 12.5. The molecule has 0 fully saturated rings. The first-order valence-electron chi connectivity index (χ1n) is 8.26. The number of hydrogen-bond donors (Lipinski definition) is 1. The molecule has 2 aromatic carbocycles.